The predicted octanol–water partition coefficient (Wildman–Crippen LogP) is 6.50. The maximum atomic E-state index is 12.6. The van der Waals surface area contributed by atoms with Gasteiger partial charge in [-0.05, 0) is 79.5 Å². The summed E-state index contributed by atoms with van der Waals surface area (Å²) < 4.78 is 11.8. The first-order valence-corrected chi connectivity index (χ1v) is 13.3. The number of hydrogen-bond donors (Lipinski definition) is 0. The number of thioether (sulfide) groups is 1. The van der Waals surface area contributed by atoms with E-state index >= 15 is 0 Å². The Kier molecular flexibility index (Phi) is 8.69. The Hall–Kier alpha value is -2.73. The van der Waals surface area contributed by atoms with Crippen molar-refractivity contribution in [3.63, 3.8) is 0 Å². The van der Waals surface area contributed by atoms with E-state index in [1.165, 1.54) is 5.56 Å². The molecule has 0 unspecified atom stereocenters. The maximum Gasteiger partial charge on any atom is 0.278 e. The lowest BCUT2D eigenvalue weighted by atomic mass is 10.0. The molecular formula is C28H34N2O3S. The van der Waals surface area contributed by atoms with Gasteiger partial charge >= 0.3 is 0 Å². The Bertz CT molecular complexity index is 1030. The number of benzene rings is 2. The summed E-state index contributed by atoms with van der Waals surface area (Å²) in [5, 5.41) is 0.837. The molecule has 0 aromatic heterocycles. The molecule has 0 N–H and O–H groups in total. The number of carbonyl (C=O) groups is 1. The lowest BCUT2D eigenvalue weighted by Crippen LogP contribution is -2.34. The Morgan fingerprint density at radius 3 is 2.44 bits per heavy atom. The van der Waals surface area contributed by atoms with Gasteiger partial charge in [-0.25, -0.2) is 4.99 Å². The SMILES string of the molecule is CC(C)c1ccc(OCCCCCCOc2cccc(/C=C3\N=C4SCCCN4C3=O)c2)cc1. The molecule has 2 aromatic carbocycles. The summed E-state index contributed by atoms with van der Waals surface area (Å²) >= 11 is 1.66. The van der Waals surface area contributed by atoms with Gasteiger partial charge in [-0.3, -0.25) is 9.69 Å². The Morgan fingerprint density at radius 1 is 1.00 bits per heavy atom. The fourth-order valence-electron chi connectivity index (χ4n) is 3.96. The van der Waals surface area contributed by atoms with Crippen molar-refractivity contribution in [1.82, 2.24) is 4.90 Å². The van der Waals surface area contributed by atoms with E-state index in [-0.39, 0.29) is 5.91 Å². The van der Waals surface area contributed by atoms with E-state index in [1.54, 1.807) is 16.7 Å². The number of amidine groups is 1. The molecular weight excluding hydrogens is 444 g/mol. The van der Waals surface area contributed by atoms with Gasteiger partial charge in [-0.1, -0.05) is 49.9 Å². The quantitative estimate of drug-likeness (QED) is 0.273. The van der Waals surface area contributed by atoms with Gasteiger partial charge < -0.3 is 9.47 Å². The highest BCUT2D eigenvalue weighted by Gasteiger charge is 2.32. The van der Waals surface area contributed by atoms with E-state index in [4.69, 9.17) is 9.47 Å². The highest BCUT2D eigenvalue weighted by Crippen LogP contribution is 2.28. The molecule has 180 valence electrons. The molecule has 2 heterocycles. The highest BCUT2D eigenvalue weighted by molar-refractivity contribution is 8.13. The molecule has 0 spiro atoms. The standard InChI is InChI=1S/C28H34N2O3S/c1-21(2)23-11-13-24(14-12-23)32-16-5-3-4-6-17-33-25-10-7-9-22(19-25)20-26-27(31)30-15-8-18-34-28(30)29-26/h7,9-14,19-21H,3-6,8,15-18H2,1-2H3/b26-20-. The highest BCUT2D eigenvalue weighted by atomic mass is 32.2. The van der Waals surface area contributed by atoms with Crippen molar-refractivity contribution in [3.8, 4) is 11.5 Å². The third-order valence-electron chi connectivity index (χ3n) is 5.95. The van der Waals surface area contributed by atoms with Crippen LogP contribution in [0.4, 0.5) is 0 Å². The van der Waals surface area contributed by atoms with Crippen molar-refractivity contribution in [2.45, 2.75) is 51.9 Å². The minimum Gasteiger partial charge on any atom is -0.494 e. The average molecular weight is 479 g/mol. The molecule has 34 heavy (non-hydrogen) atoms. The second-order valence-electron chi connectivity index (χ2n) is 8.99. The van der Waals surface area contributed by atoms with Crippen LogP contribution in [0.25, 0.3) is 6.08 Å². The van der Waals surface area contributed by atoms with Gasteiger partial charge in [-0.2, -0.15) is 0 Å². The zero-order chi connectivity index (χ0) is 23.8. The van der Waals surface area contributed by atoms with Crippen LogP contribution >= 0.6 is 11.8 Å². The molecule has 0 atom stereocenters. The fraction of sp³-hybridized carbons (Fsp3) is 0.429. The van der Waals surface area contributed by atoms with Crippen molar-refractivity contribution in [3.05, 3.63) is 65.4 Å². The Balaban J connectivity index is 1.14. The van der Waals surface area contributed by atoms with E-state index in [1.807, 2.05) is 30.3 Å². The molecule has 0 bridgehead atoms. The molecule has 0 saturated carbocycles. The molecule has 2 aromatic rings. The lowest BCUT2D eigenvalue weighted by Gasteiger charge is -2.21. The van der Waals surface area contributed by atoms with E-state index in [0.717, 1.165) is 73.2 Å². The largest absolute Gasteiger partial charge is 0.494 e. The van der Waals surface area contributed by atoms with Crippen LogP contribution in [0, 0.1) is 0 Å². The summed E-state index contributed by atoms with van der Waals surface area (Å²) in [6.07, 6.45) is 7.16. The van der Waals surface area contributed by atoms with Crippen LogP contribution in [-0.4, -0.2) is 41.5 Å². The van der Waals surface area contributed by atoms with Crippen molar-refractivity contribution in [1.29, 1.82) is 0 Å². The fourth-order valence-corrected chi connectivity index (χ4v) is 4.91. The Labute approximate surface area is 207 Å². The predicted molar refractivity (Wildman–Crippen MR) is 141 cm³/mol. The summed E-state index contributed by atoms with van der Waals surface area (Å²) in [5.41, 5.74) is 2.79. The molecule has 0 aliphatic carbocycles. The average Bonchev–Trinajstić information content (AvgIpc) is 3.16. The Morgan fingerprint density at radius 2 is 1.74 bits per heavy atom. The van der Waals surface area contributed by atoms with Crippen LogP contribution in [-0.2, 0) is 4.79 Å². The van der Waals surface area contributed by atoms with Gasteiger partial charge in [-0.15, -0.1) is 0 Å². The second-order valence-corrected chi connectivity index (χ2v) is 10.1. The van der Waals surface area contributed by atoms with E-state index in [0.29, 0.717) is 18.2 Å². The van der Waals surface area contributed by atoms with Crippen molar-refractivity contribution >= 4 is 28.9 Å². The van der Waals surface area contributed by atoms with Crippen LogP contribution in [0.2, 0.25) is 0 Å². The molecule has 6 heteroatoms. The maximum absolute atomic E-state index is 12.6. The van der Waals surface area contributed by atoms with Crippen LogP contribution in [0.15, 0.2) is 59.2 Å². The van der Waals surface area contributed by atoms with Crippen LogP contribution in [0.3, 0.4) is 0 Å². The number of unbranched alkanes of at least 4 members (excludes halogenated alkanes) is 3. The molecule has 4 rings (SSSR count). The molecule has 1 amide bonds. The first-order chi connectivity index (χ1) is 16.6. The monoisotopic (exact) mass is 478 g/mol. The molecule has 2 aliphatic rings. The van der Waals surface area contributed by atoms with E-state index < -0.39 is 0 Å². The lowest BCUT2D eigenvalue weighted by molar-refractivity contribution is -0.122. The van der Waals surface area contributed by atoms with Crippen LogP contribution < -0.4 is 9.47 Å². The molecule has 1 saturated heterocycles. The molecule has 5 nitrogen and oxygen atoms in total. The molecule has 1 fully saturated rings. The van der Waals surface area contributed by atoms with Crippen molar-refractivity contribution < 1.29 is 14.3 Å². The number of hydrogen-bond acceptors (Lipinski definition) is 5. The first-order valence-electron chi connectivity index (χ1n) is 12.3. The smallest absolute Gasteiger partial charge is 0.278 e. The molecule has 0 radical (unpaired) electrons. The summed E-state index contributed by atoms with van der Waals surface area (Å²) in [7, 11) is 0. The number of nitrogens with zero attached hydrogens (tertiary/aromatic N) is 2. The van der Waals surface area contributed by atoms with E-state index in [2.05, 4.69) is 43.1 Å². The van der Waals surface area contributed by atoms with Crippen LogP contribution in [0.5, 0.6) is 11.5 Å². The van der Waals surface area contributed by atoms with Gasteiger partial charge in [0.05, 0.1) is 13.2 Å². The normalized spacial score (nSPS) is 16.7. The summed E-state index contributed by atoms with van der Waals surface area (Å²) in [6, 6.07) is 16.3. The minimum absolute atomic E-state index is 0.00470. The zero-order valence-electron chi connectivity index (χ0n) is 20.2. The third kappa shape index (κ3) is 6.66. The van der Waals surface area contributed by atoms with Gasteiger partial charge in [0.1, 0.15) is 17.2 Å². The third-order valence-corrected chi connectivity index (χ3v) is 7.02. The number of aliphatic imine (C=N–C) groups is 1. The molecule has 2 aliphatic heterocycles. The number of carbonyl (C=O) groups excluding carboxylic acids is 1. The van der Waals surface area contributed by atoms with Gasteiger partial charge in [0.2, 0.25) is 0 Å². The van der Waals surface area contributed by atoms with Crippen molar-refractivity contribution in [2.75, 3.05) is 25.5 Å². The van der Waals surface area contributed by atoms with Gasteiger partial charge in [0.15, 0.2) is 5.17 Å². The minimum atomic E-state index is 0.00470. The summed E-state index contributed by atoms with van der Waals surface area (Å²) in [5.74, 6) is 3.35. The van der Waals surface area contributed by atoms with E-state index in [9.17, 15) is 4.79 Å². The number of fused-ring (bicyclic) bond motifs is 1. The van der Waals surface area contributed by atoms with Crippen LogP contribution in [0.1, 0.15) is 63.0 Å². The summed E-state index contributed by atoms with van der Waals surface area (Å²) in [4.78, 5) is 18.9. The van der Waals surface area contributed by atoms with Crippen molar-refractivity contribution in [2.24, 2.45) is 4.99 Å². The number of amides is 1. The number of rotatable bonds is 11. The number of ether oxygens (including phenoxy) is 2. The van der Waals surface area contributed by atoms with Gasteiger partial charge in [0.25, 0.3) is 5.91 Å². The summed E-state index contributed by atoms with van der Waals surface area (Å²) in [6.45, 7) is 6.60. The second kappa shape index (κ2) is 12.1. The zero-order valence-corrected chi connectivity index (χ0v) is 21.0. The van der Waals surface area contributed by atoms with Gasteiger partial charge in [0, 0.05) is 12.3 Å². The first kappa shape index (κ1) is 24.4. The topological polar surface area (TPSA) is 51.1 Å².